The minimum Gasteiger partial charge on any atom is -0.481 e. The molecule has 2 N–H and O–H groups in total. The third kappa shape index (κ3) is 5.59. The predicted octanol–water partition coefficient (Wildman–Crippen LogP) is 1.00. The number of amides is 2. The minimum atomic E-state index is -0.924. The molecule has 0 spiro atoms. The summed E-state index contributed by atoms with van der Waals surface area (Å²) in [6, 6.07) is -0.220. The Morgan fingerprint density at radius 3 is 2.45 bits per heavy atom. The van der Waals surface area contributed by atoms with Crippen LogP contribution in [0, 0.1) is 5.92 Å². The van der Waals surface area contributed by atoms with E-state index in [2.05, 4.69) is 5.32 Å². The fourth-order valence-electron chi connectivity index (χ4n) is 2.41. The van der Waals surface area contributed by atoms with Crippen molar-refractivity contribution in [3.8, 4) is 0 Å². The van der Waals surface area contributed by atoms with Gasteiger partial charge in [-0.25, -0.2) is 0 Å². The van der Waals surface area contributed by atoms with Crippen molar-refractivity contribution in [2.24, 2.45) is 5.92 Å². The Hall–Kier alpha value is -1.59. The van der Waals surface area contributed by atoms with Gasteiger partial charge in [0.2, 0.25) is 11.8 Å². The molecule has 6 nitrogen and oxygen atoms in total. The van der Waals surface area contributed by atoms with Crippen LogP contribution in [0.2, 0.25) is 0 Å². The Kier molecular flexibility index (Phi) is 6.48. The number of rotatable bonds is 7. The first kappa shape index (κ1) is 16.5. The minimum absolute atomic E-state index is 0.0380. The average Bonchev–Trinajstić information content (AvgIpc) is 2.89. The molecule has 0 aromatic carbocycles. The summed E-state index contributed by atoms with van der Waals surface area (Å²) in [5.41, 5.74) is 0. The number of nitrogens with zero attached hydrogens (tertiary/aromatic N) is 1. The Morgan fingerprint density at radius 2 is 1.90 bits per heavy atom. The molecular weight excluding hydrogens is 260 g/mol. The van der Waals surface area contributed by atoms with Gasteiger partial charge < -0.3 is 15.3 Å². The van der Waals surface area contributed by atoms with Crippen LogP contribution >= 0.6 is 0 Å². The molecule has 1 aliphatic carbocycles. The zero-order valence-electron chi connectivity index (χ0n) is 12.2. The summed E-state index contributed by atoms with van der Waals surface area (Å²) in [6.45, 7) is 1.99. The van der Waals surface area contributed by atoms with E-state index in [4.69, 9.17) is 5.11 Å². The summed E-state index contributed by atoms with van der Waals surface area (Å²) < 4.78 is 0. The lowest BCUT2D eigenvalue weighted by atomic mass is 10.1. The molecule has 0 saturated heterocycles. The van der Waals surface area contributed by atoms with Gasteiger partial charge in [-0.05, 0) is 19.8 Å². The van der Waals surface area contributed by atoms with Crippen LogP contribution in [0.1, 0.15) is 45.4 Å². The van der Waals surface area contributed by atoms with E-state index in [1.807, 2.05) is 0 Å². The number of carboxylic acid groups (broad SMARTS) is 1. The quantitative estimate of drug-likeness (QED) is 0.730. The Bertz CT molecular complexity index is 364. The van der Waals surface area contributed by atoms with Crippen molar-refractivity contribution in [1.29, 1.82) is 0 Å². The van der Waals surface area contributed by atoms with E-state index >= 15 is 0 Å². The number of nitrogens with one attached hydrogen (secondary N) is 1. The normalized spacial score (nSPS) is 16.7. The Morgan fingerprint density at radius 1 is 1.30 bits per heavy atom. The Balaban J connectivity index is 2.29. The van der Waals surface area contributed by atoms with Crippen LogP contribution in [0.15, 0.2) is 0 Å². The first-order valence-electron chi connectivity index (χ1n) is 7.16. The molecule has 2 amide bonds. The van der Waals surface area contributed by atoms with Gasteiger partial charge in [-0.3, -0.25) is 14.4 Å². The van der Waals surface area contributed by atoms with Crippen molar-refractivity contribution < 1.29 is 19.5 Å². The summed E-state index contributed by atoms with van der Waals surface area (Å²) in [4.78, 5) is 35.6. The van der Waals surface area contributed by atoms with Crippen molar-refractivity contribution in [2.75, 3.05) is 13.6 Å². The Labute approximate surface area is 119 Å². The van der Waals surface area contributed by atoms with Gasteiger partial charge in [0.05, 0.1) is 6.42 Å². The van der Waals surface area contributed by atoms with Crippen molar-refractivity contribution in [2.45, 2.75) is 51.5 Å². The highest BCUT2D eigenvalue weighted by Crippen LogP contribution is 2.24. The lowest BCUT2D eigenvalue weighted by molar-refractivity contribution is -0.138. The molecule has 0 bridgehead atoms. The van der Waals surface area contributed by atoms with Crippen molar-refractivity contribution >= 4 is 17.8 Å². The van der Waals surface area contributed by atoms with E-state index in [1.165, 1.54) is 4.90 Å². The topological polar surface area (TPSA) is 86.7 Å². The molecule has 1 aliphatic rings. The fourth-order valence-corrected chi connectivity index (χ4v) is 2.41. The van der Waals surface area contributed by atoms with E-state index < -0.39 is 5.97 Å². The van der Waals surface area contributed by atoms with Crippen LogP contribution in [-0.4, -0.2) is 47.4 Å². The maximum atomic E-state index is 11.9. The van der Waals surface area contributed by atoms with Crippen molar-refractivity contribution in [3.63, 3.8) is 0 Å². The highest BCUT2D eigenvalue weighted by atomic mass is 16.4. The lowest BCUT2D eigenvalue weighted by Crippen LogP contribution is -2.40. The molecular formula is C14H24N2O4. The van der Waals surface area contributed by atoms with Gasteiger partial charge in [0, 0.05) is 32.0 Å². The third-order valence-electron chi connectivity index (χ3n) is 3.68. The molecule has 1 unspecified atom stereocenters. The second kappa shape index (κ2) is 7.87. The number of aliphatic carboxylic acids is 1. The molecule has 20 heavy (non-hydrogen) atoms. The van der Waals surface area contributed by atoms with Crippen molar-refractivity contribution in [1.82, 2.24) is 10.2 Å². The largest absolute Gasteiger partial charge is 0.481 e. The van der Waals surface area contributed by atoms with Gasteiger partial charge >= 0.3 is 5.97 Å². The highest BCUT2D eigenvalue weighted by Gasteiger charge is 2.24. The molecule has 114 valence electrons. The monoisotopic (exact) mass is 284 g/mol. The number of carbonyl (C=O) groups excluding carboxylic acids is 2. The van der Waals surface area contributed by atoms with E-state index in [0.717, 1.165) is 25.7 Å². The molecule has 0 heterocycles. The molecule has 1 rings (SSSR count). The summed E-state index contributed by atoms with van der Waals surface area (Å²) in [5.74, 6) is -0.939. The first-order chi connectivity index (χ1) is 9.40. The van der Waals surface area contributed by atoms with E-state index in [0.29, 0.717) is 0 Å². The molecule has 0 aromatic heterocycles. The smallest absolute Gasteiger partial charge is 0.305 e. The van der Waals surface area contributed by atoms with Crippen LogP contribution in [-0.2, 0) is 14.4 Å². The van der Waals surface area contributed by atoms with Crippen molar-refractivity contribution in [3.05, 3.63) is 0 Å². The number of hydrogen-bond donors (Lipinski definition) is 2. The first-order valence-corrected chi connectivity index (χ1v) is 7.16. The van der Waals surface area contributed by atoms with E-state index in [-0.39, 0.29) is 43.2 Å². The zero-order valence-corrected chi connectivity index (χ0v) is 12.2. The van der Waals surface area contributed by atoms with Crippen LogP contribution in [0.5, 0.6) is 0 Å². The summed E-state index contributed by atoms with van der Waals surface area (Å²) in [6.07, 6.45) is 4.21. The van der Waals surface area contributed by atoms with Gasteiger partial charge in [0.15, 0.2) is 0 Å². The SMILES string of the molecule is CC(CC(=O)N(C)CCC(=O)O)NC(=O)C1CCCC1. The van der Waals surface area contributed by atoms with Crippen LogP contribution in [0.4, 0.5) is 0 Å². The van der Waals surface area contributed by atoms with Gasteiger partial charge in [0.1, 0.15) is 0 Å². The summed E-state index contributed by atoms with van der Waals surface area (Å²) >= 11 is 0. The molecule has 0 radical (unpaired) electrons. The second-order valence-electron chi connectivity index (χ2n) is 5.55. The van der Waals surface area contributed by atoms with Gasteiger partial charge in [-0.1, -0.05) is 12.8 Å². The van der Waals surface area contributed by atoms with Crippen LogP contribution in [0.25, 0.3) is 0 Å². The second-order valence-corrected chi connectivity index (χ2v) is 5.55. The molecule has 1 atom stereocenters. The summed E-state index contributed by atoms with van der Waals surface area (Å²) in [5, 5.41) is 11.4. The summed E-state index contributed by atoms with van der Waals surface area (Å²) in [7, 11) is 1.58. The predicted molar refractivity (Wildman–Crippen MR) is 74.1 cm³/mol. The lowest BCUT2D eigenvalue weighted by Gasteiger charge is -2.20. The molecule has 0 aromatic rings. The molecule has 0 aliphatic heterocycles. The number of carboxylic acids is 1. The third-order valence-corrected chi connectivity index (χ3v) is 3.68. The molecule has 6 heteroatoms. The van der Waals surface area contributed by atoms with E-state index in [9.17, 15) is 14.4 Å². The molecule has 1 saturated carbocycles. The fraction of sp³-hybridized carbons (Fsp3) is 0.786. The average molecular weight is 284 g/mol. The highest BCUT2D eigenvalue weighted by molar-refractivity contribution is 5.81. The number of hydrogen-bond acceptors (Lipinski definition) is 3. The van der Waals surface area contributed by atoms with Crippen LogP contribution < -0.4 is 5.32 Å². The maximum absolute atomic E-state index is 11.9. The van der Waals surface area contributed by atoms with Gasteiger partial charge in [-0.15, -0.1) is 0 Å². The van der Waals surface area contributed by atoms with Gasteiger partial charge in [0.25, 0.3) is 0 Å². The standard InChI is InChI=1S/C14H24N2O4/c1-10(15-14(20)11-5-3-4-6-11)9-12(17)16(2)8-7-13(18)19/h10-11H,3-9H2,1-2H3,(H,15,20)(H,18,19). The zero-order chi connectivity index (χ0) is 15.1. The van der Waals surface area contributed by atoms with Gasteiger partial charge in [-0.2, -0.15) is 0 Å². The van der Waals surface area contributed by atoms with E-state index in [1.54, 1.807) is 14.0 Å². The molecule has 1 fully saturated rings. The number of carbonyl (C=O) groups is 3. The van der Waals surface area contributed by atoms with Crippen LogP contribution in [0.3, 0.4) is 0 Å². The maximum Gasteiger partial charge on any atom is 0.305 e.